The quantitative estimate of drug-likeness (QED) is 0.195. The second kappa shape index (κ2) is 6.99. The molecule has 0 radical (unpaired) electrons. The molecule has 0 spiro atoms. The molecule has 0 saturated heterocycles. The van der Waals surface area contributed by atoms with E-state index in [9.17, 15) is 4.79 Å². The van der Waals surface area contributed by atoms with Crippen molar-refractivity contribution in [3.8, 4) is 0 Å². The van der Waals surface area contributed by atoms with Crippen molar-refractivity contribution < 1.29 is 10.0 Å². The minimum absolute atomic E-state index is 0.0122. The van der Waals surface area contributed by atoms with Gasteiger partial charge >= 0.3 is 6.03 Å². The molecule has 0 aliphatic carbocycles. The molecule has 6 heteroatoms. The van der Waals surface area contributed by atoms with Gasteiger partial charge in [0, 0.05) is 13.6 Å². The van der Waals surface area contributed by atoms with E-state index in [1.54, 1.807) is 7.05 Å². The summed E-state index contributed by atoms with van der Waals surface area (Å²) in [7, 11) is 1.58. The van der Waals surface area contributed by atoms with Crippen LogP contribution in [-0.4, -0.2) is 42.1 Å². The predicted molar refractivity (Wildman–Crippen MR) is 54.3 cm³/mol. The topological polar surface area (TPSA) is 91.0 Å². The Morgan fingerprint density at radius 2 is 2.29 bits per heavy atom. The number of likely N-dealkylation sites (N-methyl/N-ethyl adjacent to an activating group) is 1. The molecule has 14 heavy (non-hydrogen) atoms. The summed E-state index contributed by atoms with van der Waals surface area (Å²) in [6.45, 7) is 2.82. The Morgan fingerprint density at radius 1 is 1.64 bits per heavy atom. The fourth-order valence-corrected chi connectivity index (χ4v) is 0.853. The lowest BCUT2D eigenvalue weighted by Crippen LogP contribution is -2.42. The zero-order valence-corrected chi connectivity index (χ0v) is 8.66. The summed E-state index contributed by atoms with van der Waals surface area (Å²) in [6, 6.07) is -0.218. The van der Waals surface area contributed by atoms with E-state index in [0.717, 1.165) is 12.8 Å². The Labute approximate surface area is 83.7 Å². The number of carbonyl (C=O) groups excluding carboxylic acids is 1. The first-order valence-corrected chi connectivity index (χ1v) is 4.57. The maximum atomic E-state index is 11.3. The third-order valence-corrected chi connectivity index (χ3v) is 1.68. The molecule has 0 aromatic heterocycles. The molecule has 0 rings (SSSR count). The number of hydrogen-bond donors (Lipinski definition) is 3. The van der Waals surface area contributed by atoms with Crippen molar-refractivity contribution in [3.05, 3.63) is 0 Å². The van der Waals surface area contributed by atoms with Crippen LogP contribution in [0.15, 0.2) is 5.16 Å². The standard InChI is InChI=1S/C8H18N4O2/c1-3-4-5-10-8(13)12(2)6-7(9)11-14/h14H,3-6H2,1-2H3,(H2,9,11)(H,10,13). The Morgan fingerprint density at radius 3 is 2.79 bits per heavy atom. The highest BCUT2D eigenvalue weighted by Gasteiger charge is 2.08. The number of oxime groups is 1. The molecule has 0 bridgehead atoms. The highest BCUT2D eigenvalue weighted by molar-refractivity contribution is 5.86. The van der Waals surface area contributed by atoms with Gasteiger partial charge in [0.2, 0.25) is 0 Å². The zero-order valence-electron chi connectivity index (χ0n) is 8.66. The van der Waals surface area contributed by atoms with Gasteiger partial charge in [0.1, 0.15) is 0 Å². The lowest BCUT2D eigenvalue weighted by atomic mass is 10.3. The summed E-state index contributed by atoms with van der Waals surface area (Å²) in [5, 5.41) is 13.8. The molecule has 0 aromatic carbocycles. The highest BCUT2D eigenvalue weighted by Crippen LogP contribution is 1.87. The smallest absolute Gasteiger partial charge is 0.317 e. The monoisotopic (exact) mass is 202 g/mol. The predicted octanol–water partition coefficient (Wildman–Crippen LogP) is 0.174. The number of nitrogens with one attached hydrogen (secondary N) is 1. The molecule has 4 N–H and O–H groups in total. The molecule has 0 unspecified atom stereocenters. The van der Waals surface area contributed by atoms with Crippen molar-refractivity contribution in [2.24, 2.45) is 10.9 Å². The first-order valence-electron chi connectivity index (χ1n) is 4.57. The molecule has 82 valence electrons. The minimum atomic E-state index is -0.218. The lowest BCUT2D eigenvalue weighted by Gasteiger charge is -2.16. The van der Waals surface area contributed by atoms with Gasteiger partial charge in [-0.3, -0.25) is 0 Å². The molecule has 6 nitrogen and oxygen atoms in total. The van der Waals surface area contributed by atoms with Crippen molar-refractivity contribution in [2.75, 3.05) is 20.1 Å². The summed E-state index contributed by atoms with van der Waals surface area (Å²) in [6.07, 6.45) is 1.98. The molecular weight excluding hydrogens is 184 g/mol. The Hall–Kier alpha value is -1.46. The molecule has 0 atom stereocenters. The summed E-state index contributed by atoms with van der Waals surface area (Å²) in [5.74, 6) is 0.0122. The number of carbonyl (C=O) groups is 1. The fraction of sp³-hybridized carbons (Fsp3) is 0.750. The van der Waals surface area contributed by atoms with E-state index < -0.39 is 0 Å². The van der Waals surface area contributed by atoms with Crippen LogP contribution in [-0.2, 0) is 0 Å². The van der Waals surface area contributed by atoms with Crippen LogP contribution in [0.25, 0.3) is 0 Å². The number of urea groups is 1. The molecule has 0 fully saturated rings. The fourth-order valence-electron chi connectivity index (χ4n) is 0.853. The number of rotatable bonds is 5. The van der Waals surface area contributed by atoms with Crippen LogP contribution in [0.1, 0.15) is 19.8 Å². The lowest BCUT2D eigenvalue weighted by molar-refractivity contribution is 0.213. The van der Waals surface area contributed by atoms with E-state index in [1.807, 2.05) is 6.92 Å². The number of hydrogen-bond acceptors (Lipinski definition) is 3. The van der Waals surface area contributed by atoms with Crippen molar-refractivity contribution in [1.29, 1.82) is 0 Å². The van der Waals surface area contributed by atoms with Crippen LogP contribution in [0.3, 0.4) is 0 Å². The van der Waals surface area contributed by atoms with E-state index >= 15 is 0 Å². The molecule has 0 aliphatic rings. The second-order valence-electron chi connectivity index (χ2n) is 3.03. The summed E-state index contributed by atoms with van der Waals surface area (Å²) in [4.78, 5) is 12.6. The number of nitrogens with zero attached hydrogens (tertiary/aromatic N) is 2. The Bertz CT molecular complexity index is 206. The molecular formula is C8H18N4O2. The maximum absolute atomic E-state index is 11.3. The van der Waals surface area contributed by atoms with Gasteiger partial charge in [-0.2, -0.15) is 0 Å². The van der Waals surface area contributed by atoms with Gasteiger partial charge < -0.3 is 21.2 Å². The molecule has 0 aromatic rings. The molecule has 0 heterocycles. The van der Waals surface area contributed by atoms with Gasteiger partial charge in [0.25, 0.3) is 0 Å². The average molecular weight is 202 g/mol. The van der Waals surface area contributed by atoms with E-state index in [2.05, 4.69) is 10.5 Å². The van der Waals surface area contributed by atoms with E-state index in [-0.39, 0.29) is 18.4 Å². The van der Waals surface area contributed by atoms with Crippen LogP contribution in [0.4, 0.5) is 4.79 Å². The van der Waals surface area contributed by atoms with Gasteiger partial charge in [-0.15, -0.1) is 0 Å². The largest absolute Gasteiger partial charge is 0.409 e. The van der Waals surface area contributed by atoms with Crippen LogP contribution >= 0.6 is 0 Å². The number of amides is 2. The number of amidine groups is 1. The van der Waals surface area contributed by atoms with E-state index in [0.29, 0.717) is 6.54 Å². The third kappa shape index (κ3) is 5.23. The number of unbranched alkanes of at least 4 members (excludes halogenated alkanes) is 1. The number of nitrogens with two attached hydrogens (primary N) is 1. The summed E-state index contributed by atoms with van der Waals surface area (Å²) in [5.41, 5.74) is 5.24. The van der Waals surface area contributed by atoms with Gasteiger partial charge in [-0.25, -0.2) is 4.79 Å². The molecule has 0 saturated carbocycles. The van der Waals surface area contributed by atoms with Crippen molar-refractivity contribution in [2.45, 2.75) is 19.8 Å². The first kappa shape index (κ1) is 12.5. The normalized spacial score (nSPS) is 11.1. The third-order valence-electron chi connectivity index (χ3n) is 1.68. The maximum Gasteiger partial charge on any atom is 0.317 e. The molecule has 0 aliphatic heterocycles. The van der Waals surface area contributed by atoms with Crippen molar-refractivity contribution in [1.82, 2.24) is 10.2 Å². The average Bonchev–Trinajstić information content (AvgIpc) is 2.17. The van der Waals surface area contributed by atoms with Crippen LogP contribution in [0.5, 0.6) is 0 Å². The highest BCUT2D eigenvalue weighted by atomic mass is 16.4. The van der Waals surface area contributed by atoms with Gasteiger partial charge in [0.05, 0.1) is 6.54 Å². The SMILES string of the molecule is CCCCNC(=O)N(C)CC(N)=NO. The molecule has 2 amide bonds. The van der Waals surface area contributed by atoms with Crippen molar-refractivity contribution >= 4 is 11.9 Å². The Kier molecular flexibility index (Phi) is 6.26. The van der Waals surface area contributed by atoms with Crippen LogP contribution < -0.4 is 11.1 Å². The van der Waals surface area contributed by atoms with E-state index in [4.69, 9.17) is 10.9 Å². The Balaban J connectivity index is 3.76. The summed E-state index contributed by atoms with van der Waals surface area (Å²) < 4.78 is 0. The van der Waals surface area contributed by atoms with E-state index in [1.165, 1.54) is 4.90 Å². The minimum Gasteiger partial charge on any atom is -0.409 e. The van der Waals surface area contributed by atoms with Crippen molar-refractivity contribution in [3.63, 3.8) is 0 Å². The summed E-state index contributed by atoms with van der Waals surface area (Å²) >= 11 is 0. The van der Waals surface area contributed by atoms with Crippen LogP contribution in [0.2, 0.25) is 0 Å². The van der Waals surface area contributed by atoms with Crippen LogP contribution in [0, 0.1) is 0 Å². The first-order chi connectivity index (χ1) is 6.61. The van der Waals surface area contributed by atoms with Gasteiger partial charge in [-0.05, 0) is 6.42 Å². The second-order valence-corrected chi connectivity index (χ2v) is 3.03. The van der Waals surface area contributed by atoms with Gasteiger partial charge in [0.15, 0.2) is 5.84 Å². The zero-order chi connectivity index (χ0) is 11.0. The van der Waals surface area contributed by atoms with Gasteiger partial charge in [-0.1, -0.05) is 18.5 Å².